The minimum absolute atomic E-state index is 0.0207. The highest BCUT2D eigenvalue weighted by Gasteiger charge is 2.34. The van der Waals surface area contributed by atoms with E-state index in [2.05, 4.69) is 5.10 Å². The number of rotatable bonds is 6. The van der Waals surface area contributed by atoms with Crippen LogP contribution in [0, 0.1) is 0 Å². The third-order valence-corrected chi connectivity index (χ3v) is 4.75. The average Bonchev–Trinajstić information content (AvgIpc) is 3.23. The van der Waals surface area contributed by atoms with Gasteiger partial charge in [-0.15, -0.1) is 0 Å². The first kappa shape index (κ1) is 17.3. The second-order valence-corrected chi connectivity index (χ2v) is 6.98. The van der Waals surface area contributed by atoms with Gasteiger partial charge in [-0.25, -0.2) is 0 Å². The number of aryl methyl sites for hydroxylation is 1. The van der Waals surface area contributed by atoms with Crippen molar-refractivity contribution in [3.05, 3.63) is 65.7 Å². The zero-order valence-electron chi connectivity index (χ0n) is 15.4. The van der Waals surface area contributed by atoms with Gasteiger partial charge in [-0.3, -0.25) is 14.3 Å². The lowest BCUT2D eigenvalue weighted by molar-refractivity contribution is 0.0698. The Bertz CT molecular complexity index is 980. The van der Waals surface area contributed by atoms with E-state index in [9.17, 15) is 9.59 Å². The van der Waals surface area contributed by atoms with Gasteiger partial charge in [-0.05, 0) is 31.9 Å². The van der Waals surface area contributed by atoms with Gasteiger partial charge in [0.15, 0.2) is 11.5 Å². The molecule has 6 heteroatoms. The van der Waals surface area contributed by atoms with Crippen LogP contribution in [-0.2, 0) is 13.6 Å². The molecule has 0 saturated heterocycles. The number of benzene rings is 1. The fourth-order valence-electron chi connectivity index (χ4n) is 3.12. The summed E-state index contributed by atoms with van der Waals surface area (Å²) in [6.07, 6.45) is 5.75. The SMILES string of the molecule is CC(=O)c1ccc(-c2ccc(C(=O)N(Cc3cnn(C)c3)C3CC3)o2)cc1. The Balaban J connectivity index is 1.53. The number of ketones is 1. The van der Waals surface area contributed by atoms with E-state index in [-0.39, 0.29) is 17.7 Å². The molecule has 1 saturated carbocycles. The summed E-state index contributed by atoms with van der Waals surface area (Å²) in [5.74, 6) is 0.863. The summed E-state index contributed by atoms with van der Waals surface area (Å²) in [6.45, 7) is 2.06. The molecule has 6 nitrogen and oxygen atoms in total. The summed E-state index contributed by atoms with van der Waals surface area (Å²) >= 11 is 0. The van der Waals surface area contributed by atoms with Crippen LogP contribution < -0.4 is 0 Å². The number of hydrogen-bond acceptors (Lipinski definition) is 4. The second kappa shape index (κ2) is 6.87. The number of nitrogens with zero attached hydrogens (tertiary/aromatic N) is 3. The number of carbonyl (C=O) groups excluding carboxylic acids is 2. The van der Waals surface area contributed by atoms with Gasteiger partial charge < -0.3 is 9.32 Å². The lowest BCUT2D eigenvalue weighted by Gasteiger charge is -2.20. The largest absolute Gasteiger partial charge is 0.451 e. The van der Waals surface area contributed by atoms with Gasteiger partial charge in [-0.1, -0.05) is 24.3 Å². The van der Waals surface area contributed by atoms with E-state index in [1.54, 1.807) is 35.1 Å². The molecular weight excluding hydrogens is 342 g/mol. The Labute approximate surface area is 157 Å². The van der Waals surface area contributed by atoms with Crippen LogP contribution >= 0.6 is 0 Å². The lowest BCUT2D eigenvalue weighted by Crippen LogP contribution is -2.32. The van der Waals surface area contributed by atoms with Gasteiger partial charge in [0.2, 0.25) is 0 Å². The molecule has 27 heavy (non-hydrogen) atoms. The maximum atomic E-state index is 13.0. The minimum Gasteiger partial charge on any atom is -0.451 e. The number of amides is 1. The predicted molar refractivity (Wildman–Crippen MR) is 100 cm³/mol. The molecule has 0 atom stereocenters. The molecule has 1 aromatic carbocycles. The average molecular weight is 363 g/mol. The molecule has 0 unspecified atom stereocenters. The standard InChI is InChI=1S/C21H21N3O3/c1-14(25)16-3-5-17(6-4-16)19-9-10-20(27-19)21(26)24(18-7-8-18)13-15-11-22-23(2)12-15/h3-6,9-12,18H,7-8,13H2,1-2H3. The molecule has 138 valence electrons. The summed E-state index contributed by atoms with van der Waals surface area (Å²) in [5, 5.41) is 4.18. The summed E-state index contributed by atoms with van der Waals surface area (Å²) in [7, 11) is 1.86. The Kier molecular flexibility index (Phi) is 4.39. The van der Waals surface area contributed by atoms with Crippen molar-refractivity contribution in [3.63, 3.8) is 0 Å². The van der Waals surface area contributed by atoms with Gasteiger partial charge in [0.05, 0.1) is 6.20 Å². The fraction of sp³-hybridized carbons (Fsp3) is 0.286. The first-order chi connectivity index (χ1) is 13.0. The maximum absolute atomic E-state index is 13.0. The highest BCUT2D eigenvalue weighted by atomic mass is 16.4. The molecule has 1 fully saturated rings. The van der Waals surface area contributed by atoms with Crippen molar-refractivity contribution in [2.75, 3.05) is 0 Å². The van der Waals surface area contributed by atoms with Gasteiger partial charge in [0, 0.05) is 42.5 Å². The van der Waals surface area contributed by atoms with E-state index < -0.39 is 0 Å². The van der Waals surface area contributed by atoms with E-state index in [0.717, 1.165) is 24.0 Å². The number of Topliss-reactive ketones (excluding diaryl/α,β-unsaturated/α-hetero) is 1. The van der Waals surface area contributed by atoms with Gasteiger partial charge in [-0.2, -0.15) is 5.10 Å². The predicted octanol–water partition coefficient (Wildman–Crippen LogP) is 3.69. The van der Waals surface area contributed by atoms with Crippen LogP contribution in [0.25, 0.3) is 11.3 Å². The van der Waals surface area contributed by atoms with Crippen LogP contribution in [0.5, 0.6) is 0 Å². The van der Waals surface area contributed by atoms with Crippen LogP contribution in [0.4, 0.5) is 0 Å². The van der Waals surface area contributed by atoms with Crippen molar-refractivity contribution in [3.8, 4) is 11.3 Å². The molecule has 0 N–H and O–H groups in total. The normalized spacial score (nSPS) is 13.6. The van der Waals surface area contributed by atoms with E-state index in [1.165, 1.54) is 6.92 Å². The van der Waals surface area contributed by atoms with Gasteiger partial charge in [0.1, 0.15) is 5.76 Å². The number of carbonyl (C=O) groups is 2. The number of aromatic nitrogens is 2. The van der Waals surface area contributed by atoms with Crippen molar-refractivity contribution in [1.82, 2.24) is 14.7 Å². The molecule has 0 aliphatic heterocycles. The maximum Gasteiger partial charge on any atom is 0.290 e. The van der Waals surface area contributed by atoms with Crippen molar-refractivity contribution < 1.29 is 14.0 Å². The van der Waals surface area contributed by atoms with Crippen LogP contribution in [0.1, 0.15) is 46.2 Å². The molecule has 1 amide bonds. The lowest BCUT2D eigenvalue weighted by atomic mass is 10.1. The zero-order chi connectivity index (χ0) is 19.0. The van der Waals surface area contributed by atoms with E-state index >= 15 is 0 Å². The quantitative estimate of drug-likeness (QED) is 0.627. The highest BCUT2D eigenvalue weighted by molar-refractivity contribution is 5.94. The van der Waals surface area contributed by atoms with Crippen LogP contribution in [0.2, 0.25) is 0 Å². The second-order valence-electron chi connectivity index (χ2n) is 6.98. The highest BCUT2D eigenvalue weighted by Crippen LogP contribution is 2.31. The molecule has 3 aromatic rings. The van der Waals surface area contributed by atoms with Gasteiger partial charge in [0.25, 0.3) is 5.91 Å². The Morgan fingerprint density at radius 2 is 1.93 bits per heavy atom. The number of furan rings is 1. The van der Waals surface area contributed by atoms with E-state index in [0.29, 0.717) is 23.6 Å². The van der Waals surface area contributed by atoms with E-state index in [1.807, 2.05) is 30.3 Å². The third kappa shape index (κ3) is 3.69. The third-order valence-electron chi connectivity index (χ3n) is 4.75. The monoisotopic (exact) mass is 363 g/mol. The Morgan fingerprint density at radius 1 is 1.19 bits per heavy atom. The zero-order valence-corrected chi connectivity index (χ0v) is 15.4. The molecule has 1 aliphatic carbocycles. The van der Waals surface area contributed by atoms with Crippen LogP contribution in [-0.4, -0.2) is 32.4 Å². The molecule has 2 heterocycles. The molecule has 4 rings (SSSR count). The first-order valence-electron chi connectivity index (χ1n) is 9.01. The number of hydrogen-bond donors (Lipinski definition) is 0. The summed E-state index contributed by atoms with van der Waals surface area (Å²) in [6, 6.07) is 11.0. The minimum atomic E-state index is -0.104. The van der Waals surface area contributed by atoms with E-state index in [4.69, 9.17) is 4.42 Å². The Morgan fingerprint density at radius 3 is 2.52 bits per heavy atom. The summed E-state index contributed by atoms with van der Waals surface area (Å²) < 4.78 is 7.57. The molecule has 0 bridgehead atoms. The summed E-state index contributed by atoms with van der Waals surface area (Å²) in [5.41, 5.74) is 2.49. The molecule has 1 aliphatic rings. The van der Waals surface area contributed by atoms with Crippen LogP contribution in [0.3, 0.4) is 0 Å². The molecule has 0 spiro atoms. The fourth-order valence-corrected chi connectivity index (χ4v) is 3.12. The van der Waals surface area contributed by atoms with Crippen molar-refractivity contribution in [2.24, 2.45) is 7.05 Å². The Hall–Kier alpha value is -3.15. The molecular formula is C21H21N3O3. The van der Waals surface area contributed by atoms with Crippen molar-refractivity contribution >= 4 is 11.7 Å². The molecule has 0 radical (unpaired) electrons. The summed E-state index contributed by atoms with van der Waals surface area (Å²) in [4.78, 5) is 26.2. The molecule has 2 aromatic heterocycles. The van der Waals surface area contributed by atoms with Crippen LogP contribution in [0.15, 0.2) is 53.2 Å². The van der Waals surface area contributed by atoms with Gasteiger partial charge >= 0.3 is 0 Å². The topological polar surface area (TPSA) is 68.3 Å². The first-order valence-corrected chi connectivity index (χ1v) is 9.01. The van der Waals surface area contributed by atoms with Crippen molar-refractivity contribution in [1.29, 1.82) is 0 Å². The van der Waals surface area contributed by atoms with Crippen molar-refractivity contribution in [2.45, 2.75) is 32.4 Å². The smallest absolute Gasteiger partial charge is 0.290 e.